The van der Waals surface area contributed by atoms with Crippen molar-refractivity contribution in [3.8, 4) is 5.75 Å². The van der Waals surface area contributed by atoms with Gasteiger partial charge in [-0.05, 0) is 18.2 Å². The first kappa shape index (κ1) is 12.1. The van der Waals surface area contributed by atoms with Crippen molar-refractivity contribution < 1.29 is 27.8 Å². The van der Waals surface area contributed by atoms with Crippen molar-refractivity contribution in [2.45, 2.75) is 6.61 Å². The van der Waals surface area contributed by atoms with Gasteiger partial charge in [0, 0.05) is 11.6 Å². The number of furan rings is 1. The first-order valence-electron chi connectivity index (χ1n) is 4.95. The molecule has 94 valence electrons. The highest BCUT2D eigenvalue weighted by Gasteiger charge is 2.14. The van der Waals surface area contributed by atoms with E-state index in [2.05, 4.69) is 0 Å². The number of halogens is 2. The number of carboxylic acid groups (broad SMARTS) is 1. The lowest BCUT2D eigenvalue weighted by Gasteiger charge is -2.05. The van der Waals surface area contributed by atoms with E-state index in [1.54, 1.807) is 0 Å². The molecule has 6 heteroatoms. The molecule has 1 N–H and O–H groups in total. The average Bonchev–Trinajstić information content (AvgIpc) is 2.79. The molecule has 0 bridgehead atoms. The molecule has 0 saturated carbocycles. The van der Waals surface area contributed by atoms with Crippen molar-refractivity contribution in [3.63, 3.8) is 0 Å². The number of hydrogen-bond acceptors (Lipinski definition) is 3. The predicted octanol–water partition coefficient (Wildman–Crippen LogP) is 2.84. The lowest BCUT2D eigenvalue weighted by molar-refractivity contribution is 0.0658. The van der Waals surface area contributed by atoms with Crippen LogP contribution in [-0.4, -0.2) is 11.1 Å². The summed E-state index contributed by atoms with van der Waals surface area (Å²) in [4.78, 5) is 10.7. The van der Waals surface area contributed by atoms with E-state index in [4.69, 9.17) is 14.3 Å². The van der Waals surface area contributed by atoms with Gasteiger partial charge in [-0.3, -0.25) is 0 Å². The topological polar surface area (TPSA) is 59.7 Å². The summed E-state index contributed by atoms with van der Waals surface area (Å²) in [5, 5.41) is 8.77. The SMILES string of the molecule is O=C(O)c1occc1COc1ccc(F)c(F)c1. The van der Waals surface area contributed by atoms with Gasteiger partial charge < -0.3 is 14.3 Å². The normalized spacial score (nSPS) is 10.3. The Morgan fingerprint density at radius 2 is 2.06 bits per heavy atom. The molecule has 2 aromatic rings. The summed E-state index contributed by atoms with van der Waals surface area (Å²) in [6.45, 7) is -0.108. The monoisotopic (exact) mass is 254 g/mol. The minimum atomic E-state index is -1.22. The van der Waals surface area contributed by atoms with Crippen molar-refractivity contribution >= 4 is 5.97 Å². The first-order valence-corrected chi connectivity index (χ1v) is 4.95. The molecule has 0 spiro atoms. The molecule has 0 aliphatic rings. The maximum Gasteiger partial charge on any atom is 0.372 e. The second-order valence-corrected chi connectivity index (χ2v) is 3.44. The van der Waals surface area contributed by atoms with E-state index in [1.807, 2.05) is 0 Å². The fraction of sp³-hybridized carbons (Fsp3) is 0.0833. The quantitative estimate of drug-likeness (QED) is 0.911. The molecule has 18 heavy (non-hydrogen) atoms. The highest BCUT2D eigenvalue weighted by Crippen LogP contribution is 2.18. The Bertz CT molecular complexity index is 577. The number of carbonyl (C=O) groups is 1. The Hall–Kier alpha value is -2.37. The first-order chi connectivity index (χ1) is 8.58. The summed E-state index contributed by atoms with van der Waals surface area (Å²) in [7, 11) is 0. The lowest BCUT2D eigenvalue weighted by atomic mass is 10.2. The molecular weight excluding hydrogens is 246 g/mol. The molecular formula is C12H8F2O4. The maximum absolute atomic E-state index is 12.9. The highest BCUT2D eigenvalue weighted by atomic mass is 19.2. The number of carboxylic acids is 1. The van der Waals surface area contributed by atoms with Crippen LogP contribution in [0.15, 0.2) is 34.9 Å². The van der Waals surface area contributed by atoms with Gasteiger partial charge in [0.25, 0.3) is 0 Å². The third-order valence-corrected chi connectivity index (χ3v) is 2.23. The maximum atomic E-state index is 12.9. The minimum Gasteiger partial charge on any atom is -0.489 e. The van der Waals surface area contributed by atoms with E-state index in [0.29, 0.717) is 5.56 Å². The number of hydrogen-bond donors (Lipinski definition) is 1. The summed E-state index contributed by atoms with van der Waals surface area (Å²) >= 11 is 0. The molecule has 0 aliphatic heterocycles. The summed E-state index contributed by atoms with van der Waals surface area (Å²) in [6.07, 6.45) is 1.22. The summed E-state index contributed by atoms with van der Waals surface area (Å²) in [5.41, 5.74) is 0.312. The average molecular weight is 254 g/mol. The molecule has 1 aromatic heterocycles. The van der Waals surface area contributed by atoms with Crippen LogP contribution < -0.4 is 4.74 Å². The highest BCUT2D eigenvalue weighted by molar-refractivity contribution is 5.86. The van der Waals surface area contributed by atoms with Crippen LogP contribution in [0.25, 0.3) is 0 Å². The fourth-order valence-corrected chi connectivity index (χ4v) is 1.36. The van der Waals surface area contributed by atoms with Crippen LogP contribution in [-0.2, 0) is 6.61 Å². The van der Waals surface area contributed by atoms with E-state index >= 15 is 0 Å². The zero-order valence-corrected chi connectivity index (χ0v) is 9.02. The van der Waals surface area contributed by atoms with E-state index in [1.165, 1.54) is 18.4 Å². The van der Waals surface area contributed by atoms with E-state index < -0.39 is 17.6 Å². The molecule has 0 saturated heterocycles. The molecule has 0 amide bonds. The van der Waals surface area contributed by atoms with Crippen molar-refractivity contribution in [3.05, 3.63) is 53.5 Å². The summed E-state index contributed by atoms with van der Waals surface area (Å²) < 4.78 is 35.4. The van der Waals surface area contributed by atoms with Crippen molar-refractivity contribution in [1.29, 1.82) is 0 Å². The number of ether oxygens (including phenoxy) is 1. The van der Waals surface area contributed by atoms with Crippen molar-refractivity contribution in [1.82, 2.24) is 0 Å². The van der Waals surface area contributed by atoms with Gasteiger partial charge in [0.1, 0.15) is 12.4 Å². The van der Waals surface area contributed by atoms with Crippen LogP contribution in [0.4, 0.5) is 8.78 Å². The van der Waals surface area contributed by atoms with Crippen LogP contribution in [0.1, 0.15) is 16.1 Å². The lowest BCUT2D eigenvalue weighted by Crippen LogP contribution is -2.02. The third-order valence-electron chi connectivity index (χ3n) is 2.23. The van der Waals surface area contributed by atoms with Gasteiger partial charge in [0.05, 0.1) is 6.26 Å². The number of benzene rings is 1. The van der Waals surface area contributed by atoms with Gasteiger partial charge >= 0.3 is 5.97 Å². The molecule has 2 rings (SSSR count). The summed E-state index contributed by atoms with van der Waals surface area (Å²) in [5.74, 6) is -3.36. The van der Waals surface area contributed by atoms with Gasteiger partial charge in [-0.2, -0.15) is 0 Å². The Kier molecular flexibility index (Phi) is 3.27. The predicted molar refractivity (Wildman–Crippen MR) is 56.4 cm³/mol. The largest absolute Gasteiger partial charge is 0.489 e. The van der Waals surface area contributed by atoms with Crippen molar-refractivity contribution in [2.24, 2.45) is 0 Å². The Balaban J connectivity index is 2.09. The van der Waals surface area contributed by atoms with Crippen LogP contribution in [0, 0.1) is 11.6 Å². The smallest absolute Gasteiger partial charge is 0.372 e. The van der Waals surface area contributed by atoms with Crippen LogP contribution in [0.3, 0.4) is 0 Å². The number of rotatable bonds is 4. The van der Waals surface area contributed by atoms with Gasteiger partial charge in [-0.25, -0.2) is 13.6 Å². The Morgan fingerprint density at radius 3 is 2.72 bits per heavy atom. The molecule has 0 fully saturated rings. The van der Waals surface area contributed by atoms with Crippen molar-refractivity contribution in [2.75, 3.05) is 0 Å². The number of aromatic carboxylic acids is 1. The van der Waals surface area contributed by atoms with Gasteiger partial charge in [-0.15, -0.1) is 0 Å². The van der Waals surface area contributed by atoms with E-state index in [0.717, 1.165) is 12.1 Å². The van der Waals surface area contributed by atoms with Crippen LogP contribution >= 0.6 is 0 Å². The minimum absolute atomic E-state index is 0.103. The molecule has 0 aliphatic carbocycles. The molecule has 0 atom stereocenters. The second-order valence-electron chi connectivity index (χ2n) is 3.44. The summed E-state index contributed by atoms with van der Waals surface area (Å²) in [6, 6.07) is 4.50. The van der Waals surface area contributed by atoms with E-state index in [9.17, 15) is 13.6 Å². The molecule has 1 aromatic carbocycles. The van der Waals surface area contributed by atoms with E-state index in [-0.39, 0.29) is 18.1 Å². The third kappa shape index (κ3) is 2.48. The Labute approximate surface area is 100 Å². The molecule has 0 unspecified atom stereocenters. The van der Waals surface area contributed by atoms with Gasteiger partial charge in [0.15, 0.2) is 11.6 Å². The standard InChI is InChI=1S/C12H8F2O4/c13-9-2-1-8(5-10(9)14)18-6-7-3-4-17-11(7)12(15)16/h1-5H,6H2,(H,15,16). The molecule has 0 radical (unpaired) electrons. The van der Waals surface area contributed by atoms with Crippen LogP contribution in [0.5, 0.6) is 5.75 Å². The zero-order chi connectivity index (χ0) is 13.1. The van der Waals surface area contributed by atoms with Gasteiger partial charge in [-0.1, -0.05) is 0 Å². The molecule has 1 heterocycles. The Morgan fingerprint density at radius 1 is 1.28 bits per heavy atom. The second kappa shape index (κ2) is 4.87. The zero-order valence-electron chi connectivity index (χ0n) is 9.02. The fourth-order valence-electron chi connectivity index (χ4n) is 1.36. The molecule has 4 nitrogen and oxygen atoms in total. The van der Waals surface area contributed by atoms with Gasteiger partial charge in [0.2, 0.25) is 5.76 Å². The van der Waals surface area contributed by atoms with Crippen LogP contribution in [0.2, 0.25) is 0 Å².